The number of halogens is 2. The minimum Gasteiger partial charge on any atom is -0.495 e. The number of ether oxygens (including phenoxy) is 1. The Balaban J connectivity index is 2.37. The maximum absolute atomic E-state index is 13.5. The van der Waals surface area contributed by atoms with Crippen LogP contribution in [-0.2, 0) is 0 Å². The average Bonchev–Trinajstić information content (AvgIpc) is 2.41. The molecule has 0 amide bonds. The van der Waals surface area contributed by atoms with E-state index in [2.05, 4.69) is 0 Å². The van der Waals surface area contributed by atoms with Crippen molar-refractivity contribution in [2.75, 3.05) is 7.11 Å². The molecule has 0 aliphatic carbocycles. The van der Waals surface area contributed by atoms with Crippen molar-refractivity contribution in [3.63, 3.8) is 0 Å². The Morgan fingerprint density at radius 2 is 1.79 bits per heavy atom. The molecule has 1 unspecified atom stereocenters. The molecule has 100 valence electrons. The highest BCUT2D eigenvalue weighted by Crippen LogP contribution is 2.30. The van der Waals surface area contributed by atoms with Crippen LogP contribution in [-0.4, -0.2) is 12.2 Å². The van der Waals surface area contributed by atoms with Crippen LogP contribution < -0.4 is 4.74 Å². The van der Waals surface area contributed by atoms with E-state index in [1.807, 2.05) is 0 Å². The van der Waals surface area contributed by atoms with Gasteiger partial charge in [0.2, 0.25) is 0 Å². The van der Waals surface area contributed by atoms with Crippen molar-refractivity contribution in [3.05, 3.63) is 63.9 Å². The summed E-state index contributed by atoms with van der Waals surface area (Å²) in [5.41, 5.74) is 1.64. The normalized spacial score (nSPS) is 12.3. The Kier molecular flexibility index (Phi) is 4.08. The first-order valence-electron chi connectivity index (χ1n) is 5.80. The monoisotopic (exact) mass is 280 g/mol. The molecule has 0 aliphatic rings. The first-order valence-corrected chi connectivity index (χ1v) is 6.18. The quantitative estimate of drug-likeness (QED) is 0.924. The minimum absolute atomic E-state index is 0.336. The number of hydrogen-bond acceptors (Lipinski definition) is 2. The molecule has 0 heterocycles. The number of hydrogen-bond donors (Lipinski definition) is 1. The van der Waals surface area contributed by atoms with E-state index in [1.54, 1.807) is 37.3 Å². The number of aliphatic hydroxyl groups excluding tert-OH is 1. The highest BCUT2D eigenvalue weighted by atomic mass is 35.5. The molecule has 0 radical (unpaired) electrons. The van der Waals surface area contributed by atoms with Crippen molar-refractivity contribution >= 4 is 11.6 Å². The van der Waals surface area contributed by atoms with Crippen LogP contribution in [0, 0.1) is 12.7 Å². The molecule has 19 heavy (non-hydrogen) atoms. The molecule has 0 saturated carbocycles. The van der Waals surface area contributed by atoms with Crippen LogP contribution >= 0.6 is 11.6 Å². The van der Waals surface area contributed by atoms with Gasteiger partial charge in [0.05, 0.1) is 12.1 Å². The third-order valence-electron chi connectivity index (χ3n) is 3.00. The van der Waals surface area contributed by atoms with Crippen LogP contribution in [0.2, 0.25) is 5.02 Å². The summed E-state index contributed by atoms with van der Waals surface area (Å²) in [6, 6.07) is 9.65. The van der Waals surface area contributed by atoms with Crippen LogP contribution in [0.5, 0.6) is 5.75 Å². The van der Waals surface area contributed by atoms with Crippen molar-refractivity contribution in [1.82, 2.24) is 0 Å². The lowest BCUT2D eigenvalue weighted by atomic mass is 10.00. The first-order chi connectivity index (χ1) is 9.02. The molecule has 2 aromatic carbocycles. The fraction of sp³-hybridized carbons (Fsp3) is 0.200. The molecule has 0 spiro atoms. The number of methoxy groups -OCH3 is 1. The molecule has 2 nitrogen and oxygen atoms in total. The summed E-state index contributed by atoms with van der Waals surface area (Å²) in [5, 5.41) is 10.7. The van der Waals surface area contributed by atoms with Gasteiger partial charge in [-0.2, -0.15) is 0 Å². The summed E-state index contributed by atoms with van der Waals surface area (Å²) >= 11 is 5.93. The fourth-order valence-electron chi connectivity index (χ4n) is 1.82. The molecule has 0 aromatic heterocycles. The molecule has 4 heteroatoms. The third kappa shape index (κ3) is 2.88. The number of rotatable bonds is 3. The van der Waals surface area contributed by atoms with E-state index in [4.69, 9.17) is 16.3 Å². The molecule has 0 aliphatic heterocycles. The van der Waals surface area contributed by atoms with Crippen LogP contribution in [0.3, 0.4) is 0 Å². The largest absolute Gasteiger partial charge is 0.495 e. The van der Waals surface area contributed by atoms with Crippen LogP contribution in [0.15, 0.2) is 36.4 Å². The van der Waals surface area contributed by atoms with E-state index in [-0.39, 0.29) is 5.82 Å². The lowest BCUT2D eigenvalue weighted by Crippen LogP contribution is -2.01. The van der Waals surface area contributed by atoms with Crippen molar-refractivity contribution in [1.29, 1.82) is 0 Å². The molecule has 0 saturated heterocycles. The van der Waals surface area contributed by atoms with Crippen molar-refractivity contribution < 1.29 is 14.2 Å². The summed E-state index contributed by atoms with van der Waals surface area (Å²) in [6.07, 6.45) is -0.915. The van der Waals surface area contributed by atoms with Gasteiger partial charge in [0.15, 0.2) is 0 Å². The summed E-state index contributed by atoms with van der Waals surface area (Å²) in [6.45, 7) is 1.68. The highest BCUT2D eigenvalue weighted by Gasteiger charge is 2.14. The molecule has 1 atom stereocenters. The Labute approximate surface area is 116 Å². The lowest BCUT2D eigenvalue weighted by Gasteiger charge is -2.14. The minimum atomic E-state index is -0.915. The molecule has 2 rings (SSSR count). The Morgan fingerprint density at radius 1 is 1.16 bits per heavy atom. The zero-order chi connectivity index (χ0) is 14.0. The van der Waals surface area contributed by atoms with E-state index in [0.29, 0.717) is 27.5 Å². The summed E-state index contributed by atoms with van der Waals surface area (Å²) < 4.78 is 18.6. The van der Waals surface area contributed by atoms with Crippen molar-refractivity contribution in [3.8, 4) is 5.75 Å². The van der Waals surface area contributed by atoms with Crippen molar-refractivity contribution in [2.24, 2.45) is 0 Å². The van der Waals surface area contributed by atoms with Crippen molar-refractivity contribution in [2.45, 2.75) is 13.0 Å². The predicted molar refractivity (Wildman–Crippen MR) is 73.2 cm³/mol. The second-order valence-electron chi connectivity index (χ2n) is 4.31. The van der Waals surface area contributed by atoms with E-state index < -0.39 is 6.10 Å². The second-order valence-corrected chi connectivity index (χ2v) is 4.71. The maximum Gasteiger partial charge on any atom is 0.137 e. The number of aliphatic hydroxyl groups is 1. The number of benzene rings is 2. The highest BCUT2D eigenvalue weighted by molar-refractivity contribution is 6.32. The van der Waals surface area contributed by atoms with Gasteiger partial charge in [0, 0.05) is 0 Å². The Morgan fingerprint density at radius 3 is 2.42 bits per heavy atom. The second kappa shape index (κ2) is 5.59. The van der Waals surface area contributed by atoms with E-state index in [9.17, 15) is 9.50 Å². The standard InChI is InChI=1S/C15H14ClFO2/c1-9-3-4-10(7-13(9)17)15(18)11-5-6-12(16)14(8-11)19-2/h3-8,15,18H,1-2H3. The number of aryl methyl sites for hydroxylation is 1. The molecule has 0 bridgehead atoms. The van der Waals surface area contributed by atoms with Crippen LogP contribution in [0.1, 0.15) is 22.8 Å². The van der Waals surface area contributed by atoms with Gasteiger partial charge in [-0.05, 0) is 41.8 Å². The van der Waals surface area contributed by atoms with Gasteiger partial charge in [-0.3, -0.25) is 0 Å². The topological polar surface area (TPSA) is 29.5 Å². The van der Waals surface area contributed by atoms with E-state index in [0.717, 1.165) is 0 Å². The van der Waals surface area contributed by atoms with Gasteiger partial charge in [0.1, 0.15) is 17.7 Å². The van der Waals surface area contributed by atoms with Gasteiger partial charge in [-0.25, -0.2) is 4.39 Å². The maximum atomic E-state index is 13.5. The smallest absolute Gasteiger partial charge is 0.137 e. The van der Waals surface area contributed by atoms with E-state index >= 15 is 0 Å². The van der Waals surface area contributed by atoms with E-state index in [1.165, 1.54) is 13.2 Å². The summed E-state index contributed by atoms with van der Waals surface area (Å²) in [4.78, 5) is 0. The Bertz CT molecular complexity index is 599. The van der Waals surface area contributed by atoms with Gasteiger partial charge in [0.25, 0.3) is 0 Å². The molecule has 1 N–H and O–H groups in total. The Hall–Kier alpha value is -1.58. The fourth-order valence-corrected chi connectivity index (χ4v) is 2.01. The molecule has 2 aromatic rings. The molecular formula is C15H14ClFO2. The predicted octanol–water partition coefficient (Wildman–Crippen LogP) is 3.88. The van der Waals surface area contributed by atoms with Crippen LogP contribution in [0.4, 0.5) is 4.39 Å². The third-order valence-corrected chi connectivity index (χ3v) is 3.31. The zero-order valence-electron chi connectivity index (χ0n) is 10.7. The van der Waals surface area contributed by atoms with Gasteiger partial charge < -0.3 is 9.84 Å². The first kappa shape index (κ1) is 13.8. The SMILES string of the molecule is COc1cc(C(O)c2ccc(C)c(F)c2)ccc1Cl. The van der Waals surface area contributed by atoms with Gasteiger partial charge >= 0.3 is 0 Å². The zero-order valence-corrected chi connectivity index (χ0v) is 11.4. The van der Waals surface area contributed by atoms with Gasteiger partial charge in [-0.15, -0.1) is 0 Å². The average molecular weight is 281 g/mol. The lowest BCUT2D eigenvalue weighted by molar-refractivity contribution is 0.219. The van der Waals surface area contributed by atoms with Gasteiger partial charge in [-0.1, -0.05) is 29.8 Å². The molecular weight excluding hydrogens is 267 g/mol. The summed E-state index contributed by atoms with van der Waals surface area (Å²) in [7, 11) is 1.50. The summed E-state index contributed by atoms with van der Waals surface area (Å²) in [5.74, 6) is 0.142. The van der Waals surface area contributed by atoms with Crippen LogP contribution in [0.25, 0.3) is 0 Å². The molecule has 0 fully saturated rings.